The van der Waals surface area contributed by atoms with Gasteiger partial charge in [-0.15, -0.1) is 0 Å². The molecule has 20 heavy (non-hydrogen) atoms. The highest BCUT2D eigenvalue weighted by atomic mass is 79.9. The van der Waals surface area contributed by atoms with E-state index < -0.39 is 0 Å². The van der Waals surface area contributed by atoms with Gasteiger partial charge >= 0.3 is 0 Å². The van der Waals surface area contributed by atoms with E-state index in [1.807, 2.05) is 35.0 Å². The number of aromatic nitrogens is 1. The Kier molecular flexibility index (Phi) is 3.29. The molecule has 1 heterocycles. The van der Waals surface area contributed by atoms with E-state index in [0.717, 1.165) is 15.4 Å². The first-order valence-corrected chi connectivity index (χ1v) is 6.89. The zero-order chi connectivity index (χ0) is 14.1. The van der Waals surface area contributed by atoms with E-state index in [-0.39, 0.29) is 5.82 Å². The number of halogens is 2. The molecule has 0 N–H and O–H groups in total. The van der Waals surface area contributed by atoms with Crippen molar-refractivity contribution in [2.24, 2.45) is 0 Å². The molecule has 0 saturated carbocycles. The van der Waals surface area contributed by atoms with Crippen LogP contribution in [0.5, 0.6) is 0 Å². The van der Waals surface area contributed by atoms with Gasteiger partial charge in [-0.25, -0.2) is 4.39 Å². The monoisotopic (exact) mass is 328 g/mol. The van der Waals surface area contributed by atoms with Crippen molar-refractivity contribution in [2.45, 2.75) is 6.54 Å². The Morgan fingerprint density at radius 1 is 1.15 bits per heavy atom. The first kappa shape index (κ1) is 12.9. The van der Waals surface area contributed by atoms with Gasteiger partial charge in [0.2, 0.25) is 0 Å². The summed E-state index contributed by atoms with van der Waals surface area (Å²) in [7, 11) is 0. The molecule has 3 rings (SSSR count). The lowest BCUT2D eigenvalue weighted by atomic mass is 10.1. The van der Waals surface area contributed by atoms with E-state index in [1.54, 1.807) is 12.1 Å². The summed E-state index contributed by atoms with van der Waals surface area (Å²) in [5, 5.41) is 9.88. The maximum absolute atomic E-state index is 13.9. The van der Waals surface area contributed by atoms with E-state index >= 15 is 0 Å². The molecular weight excluding hydrogens is 319 g/mol. The van der Waals surface area contributed by atoms with E-state index in [1.165, 1.54) is 6.07 Å². The quantitative estimate of drug-likeness (QED) is 0.682. The second kappa shape index (κ2) is 5.10. The average Bonchev–Trinajstić information content (AvgIpc) is 2.84. The maximum atomic E-state index is 13.9. The van der Waals surface area contributed by atoms with Gasteiger partial charge in [-0.2, -0.15) is 5.26 Å². The zero-order valence-electron chi connectivity index (χ0n) is 10.5. The average molecular weight is 329 g/mol. The minimum Gasteiger partial charge on any atom is -0.343 e. The minimum absolute atomic E-state index is 0.227. The summed E-state index contributed by atoms with van der Waals surface area (Å²) >= 11 is 3.25. The Morgan fingerprint density at radius 2 is 2.00 bits per heavy atom. The third-order valence-corrected chi connectivity index (χ3v) is 3.75. The third kappa shape index (κ3) is 2.33. The lowest BCUT2D eigenvalue weighted by Gasteiger charge is -2.07. The molecule has 2 nitrogen and oxygen atoms in total. The summed E-state index contributed by atoms with van der Waals surface area (Å²) in [5.74, 6) is -0.227. The van der Waals surface area contributed by atoms with Crippen molar-refractivity contribution < 1.29 is 4.39 Å². The van der Waals surface area contributed by atoms with Gasteiger partial charge in [0, 0.05) is 27.1 Å². The number of nitrogens with zero attached hydrogens (tertiary/aromatic N) is 2. The molecule has 98 valence electrons. The maximum Gasteiger partial charge on any atom is 0.129 e. The van der Waals surface area contributed by atoms with E-state index in [9.17, 15) is 4.39 Å². The Bertz CT molecular complexity index is 830. The number of benzene rings is 2. The Balaban J connectivity index is 2.01. The highest BCUT2D eigenvalue weighted by Gasteiger charge is 2.07. The molecule has 4 heteroatoms. The van der Waals surface area contributed by atoms with Gasteiger partial charge in [-0.3, -0.25) is 0 Å². The van der Waals surface area contributed by atoms with Gasteiger partial charge in [-0.1, -0.05) is 22.0 Å². The fourth-order valence-electron chi connectivity index (χ4n) is 2.24. The summed E-state index contributed by atoms with van der Waals surface area (Å²) in [6.45, 7) is 0.467. The zero-order valence-corrected chi connectivity index (χ0v) is 12.1. The highest BCUT2D eigenvalue weighted by Crippen LogP contribution is 2.21. The largest absolute Gasteiger partial charge is 0.343 e. The number of nitriles is 1. The van der Waals surface area contributed by atoms with E-state index in [4.69, 9.17) is 5.26 Å². The van der Waals surface area contributed by atoms with Crippen LogP contribution in [-0.4, -0.2) is 4.57 Å². The molecule has 0 fully saturated rings. The van der Waals surface area contributed by atoms with Crippen LogP contribution in [0.25, 0.3) is 10.9 Å². The Labute approximate surface area is 124 Å². The van der Waals surface area contributed by atoms with Crippen molar-refractivity contribution in [3.63, 3.8) is 0 Å². The van der Waals surface area contributed by atoms with Crippen LogP contribution in [-0.2, 0) is 6.54 Å². The van der Waals surface area contributed by atoms with Crippen molar-refractivity contribution in [1.29, 1.82) is 5.26 Å². The lowest BCUT2D eigenvalue weighted by Crippen LogP contribution is -2.00. The second-order valence-electron chi connectivity index (χ2n) is 4.56. The van der Waals surface area contributed by atoms with Crippen LogP contribution in [0.1, 0.15) is 11.1 Å². The van der Waals surface area contributed by atoms with E-state index in [0.29, 0.717) is 17.7 Å². The van der Waals surface area contributed by atoms with Gasteiger partial charge in [0.25, 0.3) is 0 Å². The van der Waals surface area contributed by atoms with Crippen LogP contribution in [0, 0.1) is 17.1 Å². The van der Waals surface area contributed by atoms with Gasteiger partial charge in [0.05, 0.1) is 18.2 Å². The summed E-state index contributed by atoms with van der Waals surface area (Å²) in [5.41, 5.74) is 2.26. The standard InChI is InChI=1S/C16H10BrFN2/c17-14-3-2-13(15(18)8-14)10-20-6-5-12-7-11(9-19)1-4-16(12)20/h1-8H,10H2. The Morgan fingerprint density at radius 3 is 2.75 bits per heavy atom. The molecule has 2 aromatic carbocycles. The SMILES string of the molecule is N#Cc1ccc2c(ccn2Cc2ccc(Br)cc2F)c1. The fourth-order valence-corrected chi connectivity index (χ4v) is 2.57. The van der Waals surface area contributed by atoms with Gasteiger partial charge in [-0.05, 0) is 36.4 Å². The van der Waals surface area contributed by atoms with Gasteiger partial charge < -0.3 is 4.57 Å². The van der Waals surface area contributed by atoms with Crippen molar-refractivity contribution >= 4 is 26.8 Å². The van der Waals surface area contributed by atoms with Crippen LogP contribution in [0.2, 0.25) is 0 Å². The molecular formula is C16H10BrFN2. The van der Waals surface area contributed by atoms with Gasteiger partial charge in [0.1, 0.15) is 5.82 Å². The minimum atomic E-state index is -0.227. The van der Waals surface area contributed by atoms with Crippen molar-refractivity contribution in [3.05, 3.63) is 70.1 Å². The number of hydrogen-bond donors (Lipinski definition) is 0. The van der Waals surface area contributed by atoms with Gasteiger partial charge in [0.15, 0.2) is 0 Å². The summed E-state index contributed by atoms with van der Waals surface area (Å²) in [4.78, 5) is 0. The third-order valence-electron chi connectivity index (χ3n) is 3.26. The number of rotatable bonds is 2. The van der Waals surface area contributed by atoms with Crippen LogP contribution < -0.4 is 0 Å². The molecule has 0 aliphatic rings. The fraction of sp³-hybridized carbons (Fsp3) is 0.0625. The summed E-state index contributed by atoms with van der Waals surface area (Å²) in [6, 6.07) is 14.6. The van der Waals surface area contributed by atoms with Crippen LogP contribution >= 0.6 is 15.9 Å². The predicted octanol–water partition coefficient (Wildman–Crippen LogP) is 4.46. The lowest BCUT2D eigenvalue weighted by molar-refractivity contribution is 0.601. The molecule has 1 aromatic heterocycles. The highest BCUT2D eigenvalue weighted by molar-refractivity contribution is 9.10. The molecule has 0 bridgehead atoms. The van der Waals surface area contributed by atoms with E-state index in [2.05, 4.69) is 22.0 Å². The molecule has 0 spiro atoms. The Hall–Kier alpha value is -2.12. The number of hydrogen-bond acceptors (Lipinski definition) is 1. The molecule has 0 aliphatic heterocycles. The number of fused-ring (bicyclic) bond motifs is 1. The molecule has 3 aromatic rings. The molecule has 0 atom stereocenters. The van der Waals surface area contributed by atoms with Crippen LogP contribution in [0.3, 0.4) is 0 Å². The smallest absolute Gasteiger partial charge is 0.129 e. The van der Waals surface area contributed by atoms with Crippen LogP contribution in [0.4, 0.5) is 4.39 Å². The topological polar surface area (TPSA) is 28.7 Å². The van der Waals surface area contributed by atoms with Crippen molar-refractivity contribution in [3.8, 4) is 6.07 Å². The van der Waals surface area contributed by atoms with Crippen molar-refractivity contribution in [1.82, 2.24) is 4.57 Å². The molecule has 0 amide bonds. The summed E-state index contributed by atoms with van der Waals surface area (Å²) in [6.07, 6.45) is 1.91. The first-order valence-electron chi connectivity index (χ1n) is 6.10. The molecule has 0 aliphatic carbocycles. The second-order valence-corrected chi connectivity index (χ2v) is 5.48. The normalized spacial score (nSPS) is 10.7. The van der Waals surface area contributed by atoms with Crippen molar-refractivity contribution in [2.75, 3.05) is 0 Å². The summed E-state index contributed by atoms with van der Waals surface area (Å²) < 4.78 is 16.6. The predicted molar refractivity (Wildman–Crippen MR) is 79.9 cm³/mol. The molecule has 0 radical (unpaired) electrons. The molecule has 0 unspecified atom stereocenters. The van der Waals surface area contributed by atoms with Crippen LogP contribution in [0.15, 0.2) is 53.1 Å². The molecule has 0 saturated heterocycles. The first-order chi connectivity index (χ1) is 9.67.